The molecule has 2 aromatic rings. The Bertz CT molecular complexity index is 1240. The zero-order chi connectivity index (χ0) is 23.8. The molecule has 0 aromatic heterocycles. The fourth-order valence-electron chi connectivity index (χ4n) is 4.29. The summed E-state index contributed by atoms with van der Waals surface area (Å²) in [6.07, 6.45) is 0. The normalized spacial score (nSPS) is 20.5. The average Bonchev–Trinajstić information content (AvgIpc) is 3.33. The van der Waals surface area contributed by atoms with Gasteiger partial charge in [0.15, 0.2) is 11.5 Å². The lowest BCUT2D eigenvalue weighted by atomic mass is 10.2. The highest BCUT2D eigenvalue weighted by Gasteiger charge is 2.30. The molecule has 3 aliphatic heterocycles. The van der Waals surface area contributed by atoms with Crippen LogP contribution in [0.1, 0.15) is 5.56 Å². The van der Waals surface area contributed by atoms with E-state index in [1.807, 2.05) is 18.2 Å². The summed E-state index contributed by atoms with van der Waals surface area (Å²) in [5.74, 6) is 1.47. The van der Waals surface area contributed by atoms with Crippen molar-refractivity contribution in [1.29, 1.82) is 0 Å². The van der Waals surface area contributed by atoms with Gasteiger partial charge in [0.1, 0.15) is 0 Å². The van der Waals surface area contributed by atoms with Gasteiger partial charge in [-0.3, -0.25) is 4.90 Å². The van der Waals surface area contributed by atoms with Crippen LogP contribution in [0.4, 0.5) is 0 Å². The number of ether oxygens (including phenoxy) is 3. The van der Waals surface area contributed by atoms with Gasteiger partial charge in [0.25, 0.3) is 0 Å². The first-order valence-electron chi connectivity index (χ1n) is 11.1. The Morgan fingerprint density at radius 1 is 0.676 bits per heavy atom. The van der Waals surface area contributed by atoms with Gasteiger partial charge in [0.2, 0.25) is 26.8 Å². The maximum absolute atomic E-state index is 13.1. The first-order valence-corrected chi connectivity index (χ1v) is 14.0. The zero-order valence-corrected chi connectivity index (χ0v) is 20.3. The molecule has 0 unspecified atom stereocenters. The number of nitrogens with zero attached hydrogens (tertiary/aromatic N) is 3. The van der Waals surface area contributed by atoms with Gasteiger partial charge < -0.3 is 14.2 Å². The van der Waals surface area contributed by atoms with Crippen molar-refractivity contribution in [2.24, 2.45) is 0 Å². The molecule has 0 N–H and O–H groups in total. The summed E-state index contributed by atoms with van der Waals surface area (Å²) in [4.78, 5) is 2.38. The van der Waals surface area contributed by atoms with Gasteiger partial charge in [-0.05, 0) is 42.0 Å². The Morgan fingerprint density at radius 2 is 1.24 bits per heavy atom. The Labute approximate surface area is 199 Å². The molecule has 2 saturated heterocycles. The van der Waals surface area contributed by atoms with E-state index in [2.05, 4.69) is 4.90 Å². The van der Waals surface area contributed by atoms with Gasteiger partial charge in [-0.15, -0.1) is 0 Å². The SMILES string of the molecule is O=S(=O)(c1ccc(S(=O)(=O)N2CCN(Cc3ccc4c(c3)OCO4)CC2)cc1)N1CCOCC1. The summed E-state index contributed by atoms with van der Waals surface area (Å²) in [5.41, 5.74) is 1.08. The highest BCUT2D eigenvalue weighted by molar-refractivity contribution is 7.89. The second kappa shape index (κ2) is 9.44. The number of hydrogen-bond acceptors (Lipinski definition) is 8. The lowest BCUT2D eigenvalue weighted by molar-refractivity contribution is 0.0730. The van der Waals surface area contributed by atoms with Crippen molar-refractivity contribution < 1.29 is 31.0 Å². The minimum absolute atomic E-state index is 0.0851. The number of rotatable bonds is 6. The van der Waals surface area contributed by atoms with E-state index in [-0.39, 0.29) is 16.6 Å². The van der Waals surface area contributed by atoms with Crippen molar-refractivity contribution in [2.45, 2.75) is 16.3 Å². The standard InChI is InChI=1S/C22H27N3O7S2/c26-33(27,19-2-4-20(5-3-19)34(28,29)25-11-13-30-14-12-25)24-9-7-23(8-10-24)16-18-1-6-21-22(15-18)32-17-31-21/h1-6,15H,7-14,16-17H2. The van der Waals surface area contributed by atoms with Gasteiger partial charge in [0, 0.05) is 45.8 Å². The smallest absolute Gasteiger partial charge is 0.243 e. The summed E-state index contributed by atoms with van der Waals surface area (Å²) >= 11 is 0. The van der Waals surface area contributed by atoms with E-state index in [1.165, 1.54) is 32.9 Å². The quantitative estimate of drug-likeness (QED) is 0.567. The summed E-state index contributed by atoms with van der Waals surface area (Å²) in [5, 5.41) is 0. The molecule has 3 heterocycles. The molecule has 34 heavy (non-hydrogen) atoms. The Kier molecular flexibility index (Phi) is 6.53. The van der Waals surface area contributed by atoms with Crippen molar-refractivity contribution in [3.05, 3.63) is 48.0 Å². The fourth-order valence-corrected chi connectivity index (χ4v) is 7.12. The minimum Gasteiger partial charge on any atom is -0.454 e. The van der Waals surface area contributed by atoms with Crippen LogP contribution >= 0.6 is 0 Å². The van der Waals surface area contributed by atoms with Crippen LogP contribution in [0.25, 0.3) is 0 Å². The topological polar surface area (TPSA) is 106 Å². The van der Waals surface area contributed by atoms with Gasteiger partial charge in [-0.2, -0.15) is 8.61 Å². The first-order chi connectivity index (χ1) is 16.3. The van der Waals surface area contributed by atoms with E-state index in [0.29, 0.717) is 59.0 Å². The van der Waals surface area contributed by atoms with E-state index in [4.69, 9.17) is 14.2 Å². The summed E-state index contributed by atoms with van der Waals surface area (Å²) in [6.45, 7) is 4.13. The van der Waals surface area contributed by atoms with E-state index < -0.39 is 20.0 Å². The third kappa shape index (κ3) is 4.66. The number of hydrogen-bond donors (Lipinski definition) is 0. The molecule has 0 atom stereocenters. The third-order valence-corrected chi connectivity index (χ3v) is 10.1. The van der Waals surface area contributed by atoms with Gasteiger partial charge in [-0.25, -0.2) is 16.8 Å². The zero-order valence-electron chi connectivity index (χ0n) is 18.6. The monoisotopic (exact) mass is 509 g/mol. The number of benzene rings is 2. The molecule has 2 fully saturated rings. The number of morpholine rings is 1. The van der Waals surface area contributed by atoms with Crippen molar-refractivity contribution in [3.8, 4) is 11.5 Å². The molecule has 184 valence electrons. The lowest BCUT2D eigenvalue weighted by Crippen LogP contribution is -2.48. The highest BCUT2D eigenvalue weighted by atomic mass is 32.2. The molecular formula is C22H27N3O7S2. The largest absolute Gasteiger partial charge is 0.454 e. The first kappa shape index (κ1) is 23.5. The molecule has 0 radical (unpaired) electrons. The summed E-state index contributed by atoms with van der Waals surface area (Å²) in [6, 6.07) is 11.3. The Hall–Kier alpha value is -2.22. The Morgan fingerprint density at radius 3 is 1.85 bits per heavy atom. The fraction of sp³-hybridized carbons (Fsp3) is 0.455. The van der Waals surface area contributed by atoms with Crippen LogP contribution in [0.2, 0.25) is 0 Å². The number of sulfonamides is 2. The Balaban J connectivity index is 1.21. The van der Waals surface area contributed by atoms with Crippen molar-refractivity contribution in [2.75, 3.05) is 59.3 Å². The predicted molar refractivity (Wildman–Crippen MR) is 123 cm³/mol. The maximum atomic E-state index is 13.1. The molecule has 5 rings (SSSR count). The van der Waals surface area contributed by atoms with Crippen LogP contribution < -0.4 is 9.47 Å². The van der Waals surface area contributed by atoms with Crippen LogP contribution in [0, 0.1) is 0 Å². The third-order valence-electron chi connectivity index (χ3n) is 6.24. The second-order valence-electron chi connectivity index (χ2n) is 8.36. The average molecular weight is 510 g/mol. The molecule has 0 bridgehead atoms. The molecule has 2 aromatic carbocycles. The molecular weight excluding hydrogens is 482 g/mol. The van der Waals surface area contributed by atoms with Crippen LogP contribution in [-0.2, 0) is 31.3 Å². The van der Waals surface area contributed by atoms with Crippen LogP contribution in [0.15, 0.2) is 52.3 Å². The van der Waals surface area contributed by atoms with Crippen molar-refractivity contribution in [1.82, 2.24) is 13.5 Å². The predicted octanol–water partition coefficient (Wildman–Crippen LogP) is 0.943. The molecule has 0 saturated carbocycles. The molecule has 0 amide bonds. The van der Waals surface area contributed by atoms with Crippen LogP contribution in [0.3, 0.4) is 0 Å². The molecule has 0 spiro atoms. The molecule has 3 aliphatic rings. The summed E-state index contributed by atoms with van der Waals surface area (Å²) < 4.78 is 70.7. The van der Waals surface area contributed by atoms with Crippen molar-refractivity contribution in [3.63, 3.8) is 0 Å². The van der Waals surface area contributed by atoms with E-state index >= 15 is 0 Å². The van der Waals surface area contributed by atoms with E-state index in [9.17, 15) is 16.8 Å². The number of piperazine rings is 1. The van der Waals surface area contributed by atoms with Gasteiger partial charge >= 0.3 is 0 Å². The van der Waals surface area contributed by atoms with Crippen molar-refractivity contribution >= 4 is 20.0 Å². The lowest BCUT2D eigenvalue weighted by Gasteiger charge is -2.34. The van der Waals surface area contributed by atoms with Gasteiger partial charge in [-0.1, -0.05) is 6.07 Å². The minimum atomic E-state index is -3.71. The molecule has 0 aliphatic carbocycles. The van der Waals surface area contributed by atoms with Crippen LogP contribution in [-0.4, -0.2) is 89.6 Å². The number of fused-ring (bicyclic) bond motifs is 1. The molecule has 10 nitrogen and oxygen atoms in total. The van der Waals surface area contributed by atoms with Crippen LogP contribution in [0.5, 0.6) is 11.5 Å². The van der Waals surface area contributed by atoms with Gasteiger partial charge in [0.05, 0.1) is 23.0 Å². The summed E-state index contributed by atoms with van der Waals surface area (Å²) in [7, 11) is -7.38. The second-order valence-corrected chi connectivity index (χ2v) is 12.2. The maximum Gasteiger partial charge on any atom is 0.243 e. The molecule has 12 heteroatoms. The van der Waals surface area contributed by atoms with E-state index in [0.717, 1.165) is 17.1 Å². The van der Waals surface area contributed by atoms with E-state index in [1.54, 1.807) is 0 Å². The highest BCUT2D eigenvalue weighted by Crippen LogP contribution is 2.33.